The van der Waals surface area contributed by atoms with Gasteiger partial charge in [0.15, 0.2) is 5.82 Å². The zero-order chi connectivity index (χ0) is 15.5. The van der Waals surface area contributed by atoms with Crippen molar-refractivity contribution in [3.05, 3.63) is 17.6 Å². The summed E-state index contributed by atoms with van der Waals surface area (Å²) in [4.78, 5) is 9.32. The topological polar surface area (TPSA) is 61.0 Å². The highest BCUT2D eigenvalue weighted by Crippen LogP contribution is 2.41. The Balaban J connectivity index is 2.33. The van der Waals surface area contributed by atoms with Crippen LogP contribution < -0.4 is 5.73 Å². The zero-order valence-corrected chi connectivity index (χ0v) is 13.9. The Labute approximate surface area is 128 Å². The van der Waals surface area contributed by atoms with E-state index in [1.54, 1.807) is 0 Å². The lowest BCUT2D eigenvalue weighted by atomic mass is 9.78. The van der Waals surface area contributed by atoms with E-state index in [9.17, 15) is 0 Å². The molecule has 1 aliphatic rings. The van der Waals surface area contributed by atoms with Crippen molar-refractivity contribution >= 4 is 5.82 Å². The molecule has 1 aromatic rings. The average molecular weight is 291 g/mol. The highest BCUT2D eigenvalue weighted by atomic mass is 16.5. The van der Waals surface area contributed by atoms with Crippen LogP contribution in [0.2, 0.25) is 0 Å². The lowest BCUT2D eigenvalue weighted by molar-refractivity contribution is -0.0837. The standard InChI is InChI=1S/C17H29N3O/c1-5-21-17(8-6-13(4)7-9-17)16-19-14(10-12(2)3)11-15(18)20-16/h11-13H,5-10H2,1-4H3,(H2,18,19,20). The van der Waals surface area contributed by atoms with E-state index in [4.69, 9.17) is 15.5 Å². The number of anilines is 1. The van der Waals surface area contributed by atoms with E-state index in [1.807, 2.05) is 13.0 Å². The molecule has 0 bridgehead atoms. The minimum Gasteiger partial charge on any atom is -0.384 e. The quantitative estimate of drug-likeness (QED) is 0.898. The molecule has 4 nitrogen and oxygen atoms in total. The number of hydrogen-bond acceptors (Lipinski definition) is 4. The highest BCUT2D eigenvalue weighted by Gasteiger charge is 2.39. The van der Waals surface area contributed by atoms with Crippen LogP contribution >= 0.6 is 0 Å². The van der Waals surface area contributed by atoms with E-state index in [-0.39, 0.29) is 5.60 Å². The number of rotatable bonds is 5. The van der Waals surface area contributed by atoms with Crippen molar-refractivity contribution in [3.63, 3.8) is 0 Å². The zero-order valence-electron chi connectivity index (χ0n) is 13.9. The van der Waals surface area contributed by atoms with E-state index in [0.29, 0.717) is 18.3 Å². The number of nitrogen functional groups attached to an aromatic ring is 1. The Bertz CT molecular complexity index is 465. The summed E-state index contributed by atoms with van der Waals surface area (Å²) in [6.07, 6.45) is 5.24. The molecular weight excluding hydrogens is 262 g/mol. The number of aromatic nitrogens is 2. The fourth-order valence-corrected chi connectivity index (χ4v) is 3.18. The molecule has 1 saturated carbocycles. The summed E-state index contributed by atoms with van der Waals surface area (Å²) in [6, 6.07) is 1.90. The van der Waals surface area contributed by atoms with Gasteiger partial charge in [0, 0.05) is 18.4 Å². The molecule has 21 heavy (non-hydrogen) atoms. The Morgan fingerprint density at radius 3 is 2.57 bits per heavy atom. The molecule has 0 aliphatic heterocycles. The Morgan fingerprint density at radius 2 is 2.00 bits per heavy atom. The number of nitrogens with two attached hydrogens (primary N) is 1. The molecule has 0 amide bonds. The summed E-state index contributed by atoms with van der Waals surface area (Å²) in [5, 5.41) is 0. The van der Waals surface area contributed by atoms with Crippen LogP contribution in [0.25, 0.3) is 0 Å². The van der Waals surface area contributed by atoms with Crippen LogP contribution in [0, 0.1) is 11.8 Å². The molecule has 0 radical (unpaired) electrons. The van der Waals surface area contributed by atoms with Crippen molar-refractivity contribution in [1.29, 1.82) is 0 Å². The molecule has 0 spiro atoms. The van der Waals surface area contributed by atoms with Crippen LogP contribution in [0.4, 0.5) is 5.82 Å². The lowest BCUT2D eigenvalue weighted by Gasteiger charge is -2.38. The van der Waals surface area contributed by atoms with Gasteiger partial charge in [-0.05, 0) is 50.9 Å². The molecule has 2 rings (SSSR count). The molecule has 1 aliphatic carbocycles. The van der Waals surface area contributed by atoms with E-state index in [2.05, 4.69) is 25.8 Å². The summed E-state index contributed by atoms with van der Waals surface area (Å²) in [7, 11) is 0. The van der Waals surface area contributed by atoms with Gasteiger partial charge in [0.2, 0.25) is 0 Å². The van der Waals surface area contributed by atoms with Gasteiger partial charge in [-0.1, -0.05) is 20.8 Å². The molecule has 1 heterocycles. The SMILES string of the molecule is CCOC1(c2nc(N)cc(CC(C)C)n2)CCC(C)CC1. The second-order valence-corrected chi connectivity index (χ2v) is 6.82. The molecule has 0 atom stereocenters. The molecule has 0 unspecified atom stereocenters. The van der Waals surface area contributed by atoms with Crippen LogP contribution in [-0.2, 0) is 16.8 Å². The van der Waals surface area contributed by atoms with Gasteiger partial charge in [0.25, 0.3) is 0 Å². The minimum atomic E-state index is -0.331. The van der Waals surface area contributed by atoms with Crippen molar-refractivity contribution in [3.8, 4) is 0 Å². The summed E-state index contributed by atoms with van der Waals surface area (Å²) >= 11 is 0. The molecule has 118 valence electrons. The molecule has 2 N–H and O–H groups in total. The maximum atomic E-state index is 6.14. The van der Waals surface area contributed by atoms with Crippen LogP contribution in [0.3, 0.4) is 0 Å². The fourth-order valence-electron chi connectivity index (χ4n) is 3.18. The van der Waals surface area contributed by atoms with E-state index >= 15 is 0 Å². The number of ether oxygens (including phenoxy) is 1. The van der Waals surface area contributed by atoms with Gasteiger partial charge in [0.05, 0.1) is 0 Å². The fraction of sp³-hybridized carbons (Fsp3) is 0.765. The molecular formula is C17H29N3O. The predicted molar refractivity (Wildman–Crippen MR) is 85.9 cm³/mol. The maximum absolute atomic E-state index is 6.14. The molecule has 0 aromatic carbocycles. The summed E-state index contributed by atoms with van der Waals surface area (Å²) in [5.74, 6) is 2.68. The summed E-state index contributed by atoms with van der Waals surface area (Å²) in [6.45, 7) is 9.42. The van der Waals surface area contributed by atoms with E-state index < -0.39 is 0 Å². The van der Waals surface area contributed by atoms with Gasteiger partial charge in [-0.2, -0.15) is 0 Å². The molecule has 4 heteroatoms. The second-order valence-electron chi connectivity index (χ2n) is 6.82. The lowest BCUT2D eigenvalue weighted by Crippen LogP contribution is -2.36. The Hall–Kier alpha value is -1.16. The van der Waals surface area contributed by atoms with Crippen molar-refractivity contribution in [2.45, 2.75) is 65.4 Å². The van der Waals surface area contributed by atoms with E-state index in [1.165, 1.54) is 0 Å². The van der Waals surface area contributed by atoms with Gasteiger partial charge in [-0.15, -0.1) is 0 Å². The van der Waals surface area contributed by atoms with Gasteiger partial charge < -0.3 is 10.5 Å². The average Bonchev–Trinajstić information content (AvgIpc) is 2.40. The first-order chi connectivity index (χ1) is 9.95. The largest absolute Gasteiger partial charge is 0.384 e. The Morgan fingerprint density at radius 1 is 1.33 bits per heavy atom. The summed E-state index contributed by atoms with van der Waals surface area (Å²) in [5.41, 5.74) is 6.72. The summed E-state index contributed by atoms with van der Waals surface area (Å²) < 4.78 is 6.14. The van der Waals surface area contributed by atoms with Crippen molar-refractivity contribution in [2.24, 2.45) is 11.8 Å². The normalized spacial score (nSPS) is 26.2. The monoisotopic (exact) mass is 291 g/mol. The minimum absolute atomic E-state index is 0.331. The first kappa shape index (κ1) is 16.2. The number of hydrogen-bond donors (Lipinski definition) is 1. The first-order valence-electron chi connectivity index (χ1n) is 8.23. The third-order valence-corrected chi connectivity index (χ3v) is 4.33. The van der Waals surface area contributed by atoms with Crippen molar-refractivity contribution < 1.29 is 4.74 Å². The van der Waals surface area contributed by atoms with Gasteiger partial charge in [-0.25, -0.2) is 9.97 Å². The smallest absolute Gasteiger partial charge is 0.162 e. The Kier molecular flexibility index (Phi) is 5.20. The van der Waals surface area contributed by atoms with E-state index in [0.717, 1.165) is 49.5 Å². The highest BCUT2D eigenvalue weighted by molar-refractivity contribution is 5.31. The van der Waals surface area contributed by atoms with Crippen LogP contribution in [-0.4, -0.2) is 16.6 Å². The third kappa shape index (κ3) is 3.94. The number of nitrogens with zero attached hydrogens (tertiary/aromatic N) is 2. The molecule has 0 saturated heterocycles. The third-order valence-electron chi connectivity index (χ3n) is 4.33. The second kappa shape index (κ2) is 6.73. The van der Waals surface area contributed by atoms with Crippen LogP contribution in [0.1, 0.15) is 64.9 Å². The van der Waals surface area contributed by atoms with Crippen molar-refractivity contribution in [2.75, 3.05) is 12.3 Å². The van der Waals surface area contributed by atoms with Crippen molar-refractivity contribution in [1.82, 2.24) is 9.97 Å². The maximum Gasteiger partial charge on any atom is 0.162 e. The van der Waals surface area contributed by atoms with Crippen LogP contribution in [0.15, 0.2) is 6.07 Å². The predicted octanol–water partition coefficient (Wildman–Crippen LogP) is 3.70. The molecule has 1 aromatic heterocycles. The van der Waals surface area contributed by atoms with Gasteiger partial charge in [0.1, 0.15) is 11.4 Å². The van der Waals surface area contributed by atoms with Crippen LogP contribution in [0.5, 0.6) is 0 Å². The molecule has 1 fully saturated rings. The van der Waals surface area contributed by atoms with Gasteiger partial charge in [-0.3, -0.25) is 0 Å². The van der Waals surface area contributed by atoms with Gasteiger partial charge >= 0.3 is 0 Å². The first-order valence-corrected chi connectivity index (χ1v) is 8.23.